The molecule has 0 amide bonds. The lowest BCUT2D eigenvalue weighted by Crippen LogP contribution is -2.12. The van der Waals surface area contributed by atoms with E-state index >= 15 is 0 Å². The van der Waals surface area contributed by atoms with E-state index in [-0.39, 0.29) is 17.1 Å². The number of nitriles is 1. The molecule has 0 radical (unpaired) electrons. The van der Waals surface area contributed by atoms with E-state index in [0.29, 0.717) is 0 Å². The molecule has 0 spiro atoms. The molecule has 108 valence electrons. The van der Waals surface area contributed by atoms with Crippen LogP contribution < -0.4 is 5.32 Å². The average Bonchev–Trinajstić information content (AvgIpc) is 2.39. The maximum Gasteiger partial charge on any atom is 0.451 e. The van der Waals surface area contributed by atoms with Crippen molar-refractivity contribution in [3.63, 3.8) is 0 Å². The van der Waals surface area contributed by atoms with E-state index in [1.54, 1.807) is 6.07 Å². The van der Waals surface area contributed by atoms with Crippen molar-refractivity contribution in [3.05, 3.63) is 46.6 Å². The van der Waals surface area contributed by atoms with Gasteiger partial charge < -0.3 is 5.32 Å². The number of anilines is 2. The zero-order valence-corrected chi connectivity index (χ0v) is 10.8. The highest BCUT2D eigenvalue weighted by Gasteiger charge is 2.35. The first kappa shape index (κ1) is 15.0. The van der Waals surface area contributed by atoms with E-state index in [9.17, 15) is 17.6 Å². The quantitative estimate of drug-likeness (QED) is 0.674. The molecule has 1 aromatic heterocycles. The summed E-state index contributed by atoms with van der Waals surface area (Å²) in [5.74, 6) is -2.56. The summed E-state index contributed by atoms with van der Waals surface area (Å²) in [6.45, 7) is 0. The molecule has 0 fully saturated rings. The molecule has 0 bridgehead atoms. The van der Waals surface area contributed by atoms with E-state index in [2.05, 4.69) is 15.3 Å². The summed E-state index contributed by atoms with van der Waals surface area (Å²) in [7, 11) is 0. The van der Waals surface area contributed by atoms with Crippen molar-refractivity contribution in [2.45, 2.75) is 6.18 Å². The highest BCUT2D eigenvalue weighted by atomic mass is 35.5. The van der Waals surface area contributed by atoms with Crippen LogP contribution in [0.2, 0.25) is 5.15 Å². The van der Waals surface area contributed by atoms with Gasteiger partial charge in [-0.05, 0) is 18.2 Å². The summed E-state index contributed by atoms with van der Waals surface area (Å²) in [6.07, 6.45) is -4.77. The Morgan fingerprint density at radius 3 is 2.48 bits per heavy atom. The number of rotatable bonds is 2. The maximum absolute atomic E-state index is 13.6. The molecule has 4 nitrogen and oxygen atoms in total. The lowest BCUT2D eigenvalue weighted by molar-refractivity contribution is -0.144. The van der Waals surface area contributed by atoms with E-state index in [1.807, 2.05) is 0 Å². The Kier molecular flexibility index (Phi) is 3.95. The van der Waals surface area contributed by atoms with Gasteiger partial charge in [0.25, 0.3) is 0 Å². The summed E-state index contributed by atoms with van der Waals surface area (Å²) in [5.41, 5.74) is -0.0633. The van der Waals surface area contributed by atoms with E-state index in [0.717, 1.165) is 12.1 Å². The molecular formula is C12H5ClF4N4. The fourth-order valence-corrected chi connectivity index (χ4v) is 1.62. The van der Waals surface area contributed by atoms with Gasteiger partial charge in [-0.1, -0.05) is 11.6 Å². The van der Waals surface area contributed by atoms with E-state index in [1.165, 1.54) is 12.1 Å². The number of alkyl halides is 3. The third-order valence-electron chi connectivity index (χ3n) is 2.31. The van der Waals surface area contributed by atoms with Crippen molar-refractivity contribution >= 4 is 23.1 Å². The van der Waals surface area contributed by atoms with Crippen LogP contribution in [0.3, 0.4) is 0 Å². The second-order valence-electron chi connectivity index (χ2n) is 3.83. The van der Waals surface area contributed by atoms with Gasteiger partial charge >= 0.3 is 6.18 Å². The standard InChI is InChI=1S/C12H5ClF4N4/c13-9-4-10(21-11(20-9)12(15,16)17)19-8-2-1-6(5-18)3-7(8)14/h1-4H,(H,19,20,21). The van der Waals surface area contributed by atoms with Crippen LogP contribution in [-0.4, -0.2) is 9.97 Å². The first-order valence-corrected chi connectivity index (χ1v) is 5.76. The molecular weight excluding hydrogens is 312 g/mol. The molecule has 0 atom stereocenters. The SMILES string of the molecule is N#Cc1ccc(Nc2cc(Cl)nc(C(F)(F)F)n2)c(F)c1. The molecule has 0 saturated heterocycles. The van der Waals surface area contributed by atoms with Gasteiger partial charge in [-0.25, -0.2) is 14.4 Å². The smallest absolute Gasteiger partial charge is 0.338 e. The van der Waals surface area contributed by atoms with Gasteiger partial charge in [0.2, 0.25) is 5.82 Å². The van der Waals surface area contributed by atoms with Gasteiger partial charge in [0.05, 0.1) is 17.3 Å². The lowest BCUT2D eigenvalue weighted by Gasteiger charge is -2.10. The van der Waals surface area contributed by atoms with E-state index < -0.39 is 23.0 Å². The molecule has 21 heavy (non-hydrogen) atoms. The van der Waals surface area contributed by atoms with Crippen molar-refractivity contribution in [2.75, 3.05) is 5.32 Å². The summed E-state index contributed by atoms with van der Waals surface area (Å²) >= 11 is 5.48. The topological polar surface area (TPSA) is 61.6 Å². The molecule has 1 aromatic carbocycles. The summed E-state index contributed by atoms with van der Waals surface area (Å²) in [4.78, 5) is 6.27. The molecule has 0 aliphatic rings. The third kappa shape index (κ3) is 3.58. The maximum atomic E-state index is 13.6. The highest BCUT2D eigenvalue weighted by Crippen LogP contribution is 2.29. The minimum Gasteiger partial charge on any atom is -0.338 e. The minimum absolute atomic E-state index is 0.0785. The third-order valence-corrected chi connectivity index (χ3v) is 2.50. The molecule has 1 heterocycles. The fourth-order valence-electron chi connectivity index (χ4n) is 1.43. The van der Waals surface area contributed by atoms with Crippen molar-refractivity contribution in [1.82, 2.24) is 9.97 Å². The molecule has 9 heteroatoms. The molecule has 0 saturated carbocycles. The molecule has 0 aliphatic carbocycles. The van der Waals surface area contributed by atoms with Crippen molar-refractivity contribution < 1.29 is 17.6 Å². The Morgan fingerprint density at radius 2 is 1.90 bits per heavy atom. The number of nitrogens with one attached hydrogen (secondary N) is 1. The number of hydrogen-bond donors (Lipinski definition) is 1. The predicted octanol–water partition coefficient (Wildman–Crippen LogP) is 3.90. The highest BCUT2D eigenvalue weighted by molar-refractivity contribution is 6.29. The molecule has 2 rings (SSSR count). The number of benzene rings is 1. The molecule has 2 aromatic rings. The first-order chi connectivity index (χ1) is 9.79. The summed E-state index contributed by atoms with van der Waals surface area (Å²) in [5, 5.41) is 10.5. The van der Waals surface area contributed by atoms with Crippen molar-refractivity contribution in [1.29, 1.82) is 5.26 Å². The minimum atomic E-state index is -4.77. The van der Waals surface area contributed by atoms with Gasteiger partial charge in [0, 0.05) is 6.07 Å². The first-order valence-electron chi connectivity index (χ1n) is 5.38. The Balaban J connectivity index is 2.36. The van der Waals surface area contributed by atoms with Crippen LogP contribution in [-0.2, 0) is 6.18 Å². The molecule has 0 aliphatic heterocycles. The van der Waals surface area contributed by atoms with Crippen LogP contribution in [0.25, 0.3) is 0 Å². The Bertz CT molecular complexity index is 724. The normalized spacial score (nSPS) is 11.0. The number of halogens is 5. The van der Waals surface area contributed by atoms with Gasteiger partial charge in [-0.2, -0.15) is 18.4 Å². The van der Waals surface area contributed by atoms with E-state index in [4.69, 9.17) is 16.9 Å². The molecule has 0 unspecified atom stereocenters. The fraction of sp³-hybridized carbons (Fsp3) is 0.0833. The summed E-state index contributed by atoms with van der Waals surface area (Å²) in [6, 6.07) is 6.21. The van der Waals surface area contributed by atoms with Crippen molar-refractivity contribution in [2.24, 2.45) is 0 Å². The predicted molar refractivity (Wildman–Crippen MR) is 66.4 cm³/mol. The van der Waals surface area contributed by atoms with Crippen LogP contribution in [0.15, 0.2) is 24.3 Å². The number of nitrogens with zero attached hydrogens (tertiary/aromatic N) is 3. The van der Waals surface area contributed by atoms with Crippen LogP contribution in [0.5, 0.6) is 0 Å². The van der Waals surface area contributed by atoms with Crippen LogP contribution in [0.4, 0.5) is 29.1 Å². The second kappa shape index (κ2) is 5.54. The Morgan fingerprint density at radius 1 is 1.19 bits per heavy atom. The number of hydrogen-bond acceptors (Lipinski definition) is 4. The Hall–Kier alpha value is -2.40. The molecule has 1 N–H and O–H groups in total. The van der Waals surface area contributed by atoms with Gasteiger partial charge in [0.1, 0.15) is 16.8 Å². The zero-order chi connectivity index (χ0) is 15.6. The van der Waals surface area contributed by atoms with Crippen LogP contribution in [0.1, 0.15) is 11.4 Å². The van der Waals surface area contributed by atoms with Crippen molar-refractivity contribution in [3.8, 4) is 6.07 Å². The second-order valence-corrected chi connectivity index (χ2v) is 4.22. The zero-order valence-electron chi connectivity index (χ0n) is 10.0. The average molecular weight is 317 g/mol. The van der Waals surface area contributed by atoms with Gasteiger partial charge in [-0.15, -0.1) is 0 Å². The van der Waals surface area contributed by atoms with Gasteiger partial charge in [0.15, 0.2) is 0 Å². The summed E-state index contributed by atoms with van der Waals surface area (Å²) < 4.78 is 51.3. The van der Waals surface area contributed by atoms with Gasteiger partial charge in [-0.3, -0.25) is 0 Å². The monoisotopic (exact) mass is 316 g/mol. The number of aromatic nitrogens is 2. The largest absolute Gasteiger partial charge is 0.451 e. The lowest BCUT2D eigenvalue weighted by atomic mass is 10.2. The van der Waals surface area contributed by atoms with Crippen LogP contribution in [0, 0.1) is 17.1 Å². The van der Waals surface area contributed by atoms with Crippen LogP contribution >= 0.6 is 11.6 Å². The Labute approximate surface area is 121 Å².